The predicted molar refractivity (Wildman–Crippen MR) is 82.5 cm³/mol. The van der Waals surface area contributed by atoms with Crippen molar-refractivity contribution in [2.75, 3.05) is 19.8 Å². The summed E-state index contributed by atoms with van der Waals surface area (Å²) in [5.41, 5.74) is 4.21. The average molecular weight is 267 g/mol. The lowest BCUT2D eigenvalue weighted by molar-refractivity contribution is -0.0991. The Bertz CT molecular complexity index is 543. The van der Waals surface area contributed by atoms with Crippen LogP contribution in [0.4, 0.5) is 0 Å². The number of hydrogen-bond acceptors (Lipinski definition) is 2. The fourth-order valence-electron chi connectivity index (χ4n) is 2.51. The van der Waals surface area contributed by atoms with Crippen LogP contribution in [-0.2, 0) is 11.3 Å². The second-order valence-corrected chi connectivity index (χ2v) is 5.97. The summed E-state index contributed by atoms with van der Waals surface area (Å²) in [6.45, 7) is 5.97. The van der Waals surface area contributed by atoms with Gasteiger partial charge in [0.15, 0.2) is 0 Å². The zero-order chi connectivity index (χ0) is 13.8. The van der Waals surface area contributed by atoms with Gasteiger partial charge in [0, 0.05) is 18.5 Å². The maximum absolute atomic E-state index is 5.27. The third-order valence-electron chi connectivity index (χ3n) is 3.84. The lowest BCUT2D eigenvalue weighted by Crippen LogP contribution is -2.47. The van der Waals surface area contributed by atoms with Crippen LogP contribution in [0.2, 0.25) is 0 Å². The minimum atomic E-state index is 0.337. The summed E-state index contributed by atoms with van der Waals surface area (Å²) in [6.07, 6.45) is 0. The molecular formula is C18H21NO. The van der Waals surface area contributed by atoms with Gasteiger partial charge in [-0.2, -0.15) is 0 Å². The Balaban J connectivity index is 1.56. The summed E-state index contributed by atoms with van der Waals surface area (Å²) in [7, 11) is 0. The molecule has 1 aliphatic heterocycles. The van der Waals surface area contributed by atoms with E-state index in [0.717, 1.165) is 26.3 Å². The van der Waals surface area contributed by atoms with E-state index in [0.29, 0.717) is 5.41 Å². The molecule has 20 heavy (non-hydrogen) atoms. The lowest BCUT2D eigenvalue weighted by Gasteiger charge is -2.38. The van der Waals surface area contributed by atoms with Crippen LogP contribution >= 0.6 is 0 Å². The summed E-state index contributed by atoms with van der Waals surface area (Å²) >= 11 is 0. The van der Waals surface area contributed by atoms with Gasteiger partial charge in [0.1, 0.15) is 0 Å². The van der Waals surface area contributed by atoms with Crippen molar-refractivity contribution in [2.45, 2.75) is 13.5 Å². The normalized spacial score (nSPS) is 16.6. The maximum atomic E-state index is 5.27. The van der Waals surface area contributed by atoms with Crippen molar-refractivity contribution in [2.24, 2.45) is 5.41 Å². The molecule has 1 N–H and O–H groups in total. The van der Waals surface area contributed by atoms with E-state index in [1.807, 2.05) is 6.07 Å². The van der Waals surface area contributed by atoms with Gasteiger partial charge < -0.3 is 10.1 Å². The van der Waals surface area contributed by atoms with Gasteiger partial charge in [0.05, 0.1) is 13.2 Å². The second kappa shape index (κ2) is 5.78. The van der Waals surface area contributed by atoms with Crippen LogP contribution in [0, 0.1) is 5.41 Å². The molecule has 1 aliphatic rings. The van der Waals surface area contributed by atoms with Gasteiger partial charge in [-0.1, -0.05) is 61.5 Å². The molecule has 3 rings (SSSR count). The van der Waals surface area contributed by atoms with Gasteiger partial charge in [-0.15, -0.1) is 0 Å². The van der Waals surface area contributed by atoms with E-state index in [1.54, 1.807) is 0 Å². The molecular weight excluding hydrogens is 246 g/mol. The fraction of sp³-hybridized carbons (Fsp3) is 0.333. The van der Waals surface area contributed by atoms with E-state index in [1.165, 1.54) is 16.7 Å². The Morgan fingerprint density at radius 3 is 2.20 bits per heavy atom. The van der Waals surface area contributed by atoms with Crippen LogP contribution < -0.4 is 5.32 Å². The zero-order valence-corrected chi connectivity index (χ0v) is 11.9. The molecule has 0 spiro atoms. The first kappa shape index (κ1) is 13.3. The molecule has 1 heterocycles. The minimum absolute atomic E-state index is 0.337. The van der Waals surface area contributed by atoms with Gasteiger partial charge in [0.2, 0.25) is 0 Å². The first-order chi connectivity index (χ1) is 9.75. The highest BCUT2D eigenvalue weighted by atomic mass is 16.5. The molecule has 0 amide bonds. The predicted octanol–water partition coefficient (Wildman–Crippen LogP) is 3.48. The van der Waals surface area contributed by atoms with Gasteiger partial charge in [0.25, 0.3) is 0 Å². The monoisotopic (exact) mass is 267 g/mol. The van der Waals surface area contributed by atoms with E-state index < -0.39 is 0 Å². The first-order valence-electron chi connectivity index (χ1n) is 7.18. The first-order valence-corrected chi connectivity index (χ1v) is 7.18. The van der Waals surface area contributed by atoms with Crippen LogP contribution in [0.25, 0.3) is 11.1 Å². The number of nitrogens with one attached hydrogen (secondary N) is 1. The summed E-state index contributed by atoms with van der Waals surface area (Å²) < 4.78 is 5.27. The Morgan fingerprint density at radius 1 is 0.950 bits per heavy atom. The van der Waals surface area contributed by atoms with Crippen molar-refractivity contribution >= 4 is 0 Å². The third kappa shape index (κ3) is 3.09. The van der Waals surface area contributed by atoms with Crippen LogP contribution in [-0.4, -0.2) is 19.8 Å². The summed E-state index contributed by atoms with van der Waals surface area (Å²) in [5, 5.41) is 3.52. The number of benzene rings is 2. The van der Waals surface area contributed by atoms with Crippen molar-refractivity contribution in [3.63, 3.8) is 0 Å². The molecule has 0 radical (unpaired) electrons. The molecule has 104 valence electrons. The van der Waals surface area contributed by atoms with Crippen LogP contribution in [0.1, 0.15) is 12.5 Å². The summed E-state index contributed by atoms with van der Waals surface area (Å²) in [6, 6.07) is 19.3. The van der Waals surface area contributed by atoms with Gasteiger partial charge in [-0.3, -0.25) is 0 Å². The molecule has 0 aromatic heterocycles. The van der Waals surface area contributed by atoms with Crippen LogP contribution in [0.5, 0.6) is 0 Å². The zero-order valence-electron chi connectivity index (χ0n) is 11.9. The Morgan fingerprint density at radius 2 is 1.60 bits per heavy atom. The van der Waals surface area contributed by atoms with E-state index >= 15 is 0 Å². The highest BCUT2D eigenvalue weighted by molar-refractivity contribution is 5.63. The van der Waals surface area contributed by atoms with E-state index in [9.17, 15) is 0 Å². The van der Waals surface area contributed by atoms with Crippen LogP contribution in [0.3, 0.4) is 0 Å². The number of hydrogen-bond donors (Lipinski definition) is 1. The highest BCUT2D eigenvalue weighted by Gasteiger charge is 2.32. The summed E-state index contributed by atoms with van der Waals surface area (Å²) in [5.74, 6) is 0. The van der Waals surface area contributed by atoms with E-state index in [4.69, 9.17) is 4.74 Å². The molecule has 2 aromatic rings. The highest BCUT2D eigenvalue weighted by Crippen LogP contribution is 2.25. The number of rotatable bonds is 5. The maximum Gasteiger partial charge on any atom is 0.0554 e. The van der Waals surface area contributed by atoms with Gasteiger partial charge in [-0.25, -0.2) is 0 Å². The molecule has 0 bridgehead atoms. The molecule has 0 atom stereocenters. The molecule has 1 saturated heterocycles. The Kier molecular flexibility index (Phi) is 3.86. The van der Waals surface area contributed by atoms with Crippen molar-refractivity contribution in [3.05, 3.63) is 60.2 Å². The largest absolute Gasteiger partial charge is 0.380 e. The van der Waals surface area contributed by atoms with Crippen molar-refractivity contribution in [3.8, 4) is 11.1 Å². The molecule has 1 fully saturated rings. The number of ether oxygens (including phenoxy) is 1. The molecule has 2 nitrogen and oxygen atoms in total. The fourth-order valence-corrected chi connectivity index (χ4v) is 2.51. The van der Waals surface area contributed by atoms with Gasteiger partial charge >= 0.3 is 0 Å². The van der Waals surface area contributed by atoms with Crippen molar-refractivity contribution in [1.29, 1.82) is 0 Å². The Labute approximate surface area is 120 Å². The van der Waals surface area contributed by atoms with Gasteiger partial charge in [-0.05, 0) is 16.7 Å². The third-order valence-corrected chi connectivity index (χ3v) is 3.84. The molecule has 0 unspecified atom stereocenters. The summed E-state index contributed by atoms with van der Waals surface area (Å²) in [4.78, 5) is 0. The Hall–Kier alpha value is -1.64. The van der Waals surface area contributed by atoms with Crippen LogP contribution in [0.15, 0.2) is 54.6 Å². The van der Waals surface area contributed by atoms with E-state index in [-0.39, 0.29) is 0 Å². The lowest BCUT2D eigenvalue weighted by atomic mass is 9.89. The average Bonchev–Trinajstić information content (AvgIpc) is 2.47. The van der Waals surface area contributed by atoms with Crippen molar-refractivity contribution < 1.29 is 4.74 Å². The van der Waals surface area contributed by atoms with E-state index in [2.05, 4.69) is 60.8 Å². The quantitative estimate of drug-likeness (QED) is 0.895. The topological polar surface area (TPSA) is 21.3 Å². The van der Waals surface area contributed by atoms with Crippen molar-refractivity contribution in [1.82, 2.24) is 5.32 Å². The molecule has 2 aromatic carbocycles. The minimum Gasteiger partial charge on any atom is -0.380 e. The molecule has 2 heteroatoms. The molecule has 0 aliphatic carbocycles. The SMILES string of the molecule is CC1(CNCc2ccc(-c3ccccc3)cc2)COC1. The standard InChI is InChI=1S/C18H21NO/c1-18(13-20-14-18)12-19-11-15-7-9-17(10-8-15)16-5-3-2-4-6-16/h2-10,19H,11-14H2,1H3. The molecule has 0 saturated carbocycles. The second-order valence-electron chi connectivity index (χ2n) is 5.97. The smallest absolute Gasteiger partial charge is 0.0554 e.